The van der Waals surface area contributed by atoms with Crippen LogP contribution in [0, 0.1) is 0 Å². The van der Waals surface area contributed by atoms with Crippen molar-refractivity contribution < 1.29 is 8.83 Å². The van der Waals surface area contributed by atoms with Crippen LogP contribution in [-0.4, -0.2) is 19.5 Å². The molecule has 9 aromatic carbocycles. The van der Waals surface area contributed by atoms with E-state index in [9.17, 15) is 0 Å². The molecule has 272 valence electrons. The van der Waals surface area contributed by atoms with E-state index in [0.29, 0.717) is 17.5 Å². The summed E-state index contributed by atoms with van der Waals surface area (Å²) in [6, 6.07) is 59.5. The van der Waals surface area contributed by atoms with Crippen molar-refractivity contribution in [2.24, 2.45) is 0 Å². The van der Waals surface area contributed by atoms with Gasteiger partial charge >= 0.3 is 0 Å². The van der Waals surface area contributed by atoms with Gasteiger partial charge in [0.1, 0.15) is 22.3 Å². The maximum Gasteiger partial charge on any atom is 0.164 e. The quantitative estimate of drug-likeness (QED) is 0.179. The highest BCUT2D eigenvalue weighted by atomic mass is 16.3. The van der Waals surface area contributed by atoms with Crippen molar-refractivity contribution in [3.63, 3.8) is 0 Å². The van der Waals surface area contributed by atoms with Crippen molar-refractivity contribution in [1.29, 1.82) is 0 Å². The van der Waals surface area contributed by atoms with Gasteiger partial charge in [0.2, 0.25) is 0 Å². The van der Waals surface area contributed by atoms with E-state index >= 15 is 0 Å². The molecule has 0 saturated carbocycles. The van der Waals surface area contributed by atoms with Crippen LogP contribution in [0.3, 0.4) is 0 Å². The molecule has 6 nitrogen and oxygen atoms in total. The maximum absolute atomic E-state index is 6.56. The van der Waals surface area contributed by atoms with Crippen molar-refractivity contribution >= 4 is 87.2 Å². The first-order valence-electron chi connectivity index (χ1n) is 19.8. The third-order valence-electron chi connectivity index (χ3n) is 12.3. The third-order valence-corrected chi connectivity index (χ3v) is 12.3. The second-order valence-corrected chi connectivity index (χ2v) is 15.5. The van der Waals surface area contributed by atoms with Crippen LogP contribution >= 0.6 is 0 Å². The lowest BCUT2D eigenvalue weighted by Gasteiger charge is -2.13. The molecule has 4 aromatic heterocycles. The van der Waals surface area contributed by atoms with Crippen LogP contribution in [0.15, 0.2) is 179 Å². The minimum atomic E-state index is 0.587. The number of furan rings is 2. The van der Waals surface area contributed by atoms with Gasteiger partial charge in [0, 0.05) is 60.1 Å². The highest BCUT2D eigenvalue weighted by Gasteiger charge is 2.26. The number of fused-ring (bicyclic) bond motifs is 5. The summed E-state index contributed by atoms with van der Waals surface area (Å²) in [5.74, 6) is 1.78. The van der Waals surface area contributed by atoms with Crippen LogP contribution in [0.2, 0.25) is 0 Å². The molecule has 0 atom stereocenters. The van der Waals surface area contributed by atoms with Crippen LogP contribution in [0.1, 0.15) is 0 Å². The van der Waals surface area contributed by atoms with Gasteiger partial charge in [0.05, 0.1) is 11.0 Å². The molecule has 0 amide bonds. The van der Waals surface area contributed by atoms with Crippen LogP contribution in [-0.2, 0) is 0 Å². The van der Waals surface area contributed by atoms with Gasteiger partial charge in [0.15, 0.2) is 17.5 Å². The van der Waals surface area contributed by atoms with Gasteiger partial charge in [-0.15, -0.1) is 0 Å². The fourth-order valence-corrected chi connectivity index (χ4v) is 9.83. The molecule has 1 aliphatic rings. The first-order valence-corrected chi connectivity index (χ1v) is 19.8. The molecule has 13 aromatic rings. The molecule has 6 heteroatoms. The number of rotatable bonds is 4. The van der Waals surface area contributed by atoms with Gasteiger partial charge < -0.3 is 13.4 Å². The molecule has 59 heavy (non-hydrogen) atoms. The minimum absolute atomic E-state index is 0.587. The summed E-state index contributed by atoms with van der Waals surface area (Å²) >= 11 is 0. The number of aromatic nitrogens is 4. The standard InChI is InChI=1S/C53H28N4O2/c1-2-10-31-27-33(22-21-29(31)9-1)52-54-51(55-53(56-52)38-17-8-20-42-46(38)37-14-3-4-19-41(37)58-42)32-12-5-13-34(28-32)57-39-18-7-16-36-35-15-6-11-30-23-25-43-49(45(30)35)50-44(59-43)26-24-40(57)48(50)47(36)39/h1-28H. The molecule has 0 spiro atoms. The summed E-state index contributed by atoms with van der Waals surface area (Å²) in [7, 11) is 0. The molecule has 0 unspecified atom stereocenters. The van der Waals surface area contributed by atoms with Crippen LogP contribution in [0.5, 0.6) is 0 Å². The Bertz CT molecular complexity index is 3980. The Labute approximate surface area is 335 Å². The smallest absolute Gasteiger partial charge is 0.164 e. The van der Waals surface area contributed by atoms with E-state index in [1.54, 1.807) is 0 Å². The molecular formula is C53H28N4O2. The summed E-state index contributed by atoms with van der Waals surface area (Å²) in [6.07, 6.45) is 0. The van der Waals surface area contributed by atoms with Crippen LogP contribution in [0.25, 0.3) is 138 Å². The van der Waals surface area contributed by atoms with E-state index in [1.165, 1.54) is 43.4 Å². The van der Waals surface area contributed by atoms with E-state index in [1.807, 2.05) is 30.3 Å². The number of nitrogens with zero attached hydrogens (tertiary/aromatic N) is 4. The molecule has 0 saturated heterocycles. The summed E-state index contributed by atoms with van der Waals surface area (Å²) in [5, 5.41) is 11.6. The fraction of sp³-hybridized carbons (Fsp3) is 0. The molecule has 0 N–H and O–H groups in total. The van der Waals surface area contributed by atoms with Crippen LogP contribution in [0.4, 0.5) is 0 Å². The molecule has 0 radical (unpaired) electrons. The Balaban J connectivity index is 1.03. The zero-order valence-corrected chi connectivity index (χ0v) is 31.3. The topological polar surface area (TPSA) is 69.9 Å². The Hall–Kier alpha value is -8.09. The van der Waals surface area contributed by atoms with Crippen molar-refractivity contribution in [3.05, 3.63) is 170 Å². The zero-order chi connectivity index (χ0) is 38.3. The normalized spacial score (nSPS) is 12.4. The average molecular weight is 753 g/mol. The van der Waals surface area contributed by atoms with Gasteiger partial charge in [0.25, 0.3) is 0 Å². The van der Waals surface area contributed by atoms with Crippen molar-refractivity contribution in [3.8, 4) is 51.0 Å². The number of para-hydroxylation sites is 1. The lowest BCUT2D eigenvalue weighted by molar-refractivity contribution is 0.669. The zero-order valence-electron chi connectivity index (χ0n) is 31.3. The average Bonchev–Trinajstić information content (AvgIpc) is 3.95. The highest BCUT2D eigenvalue weighted by molar-refractivity contribution is 6.37. The lowest BCUT2D eigenvalue weighted by Crippen LogP contribution is -2.01. The Morgan fingerprint density at radius 2 is 0.949 bits per heavy atom. The van der Waals surface area contributed by atoms with E-state index in [4.69, 9.17) is 23.8 Å². The summed E-state index contributed by atoms with van der Waals surface area (Å²) < 4.78 is 15.3. The minimum Gasteiger partial charge on any atom is -0.456 e. The fourth-order valence-electron chi connectivity index (χ4n) is 9.83. The first kappa shape index (κ1) is 31.0. The van der Waals surface area contributed by atoms with Gasteiger partial charge in [-0.3, -0.25) is 0 Å². The molecule has 0 aliphatic heterocycles. The third kappa shape index (κ3) is 4.21. The van der Waals surface area contributed by atoms with Gasteiger partial charge in [-0.1, -0.05) is 115 Å². The molecule has 0 bridgehead atoms. The first-order chi connectivity index (χ1) is 29.2. The van der Waals surface area contributed by atoms with Gasteiger partial charge in [-0.25, -0.2) is 15.0 Å². The van der Waals surface area contributed by atoms with Gasteiger partial charge in [-0.05, 0) is 81.9 Å². The Kier molecular flexibility index (Phi) is 5.93. The van der Waals surface area contributed by atoms with Crippen molar-refractivity contribution in [2.75, 3.05) is 0 Å². The van der Waals surface area contributed by atoms with E-state index in [2.05, 4.69) is 144 Å². The summed E-state index contributed by atoms with van der Waals surface area (Å²) in [6.45, 7) is 0. The molecule has 0 fully saturated rings. The van der Waals surface area contributed by atoms with Crippen molar-refractivity contribution in [1.82, 2.24) is 19.5 Å². The van der Waals surface area contributed by atoms with E-state index in [-0.39, 0.29) is 0 Å². The summed E-state index contributed by atoms with van der Waals surface area (Å²) in [5.41, 5.74) is 11.9. The van der Waals surface area contributed by atoms with Crippen molar-refractivity contribution in [2.45, 2.75) is 0 Å². The second-order valence-electron chi connectivity index (χ2n) is 15.5. The molecular weight excluding hydrogens is 725 g/mol. The van der Waals surface area contributed by atoms with E-state index in [0.717, 1.165) is 77.3 Å². The monoisotopic (exact) mass is 752 g/mol. The molecule has 1 aliphatic carbocycles. The summed E-state index contributed by atoms with van der Waals surface area (Å²) in [4.78, 5) is 15.7. The largest absolute Gasteiger partial charge is 0.456 e. The predicted molar refractivity (Wildman–Crippen MR) is 239 cm³/mol. The molecule has 14 rings (SSSR count). The highest BCUT2D eigenvalue weighted by Crippen LogP contribution is 2.51. The second kappa shape index (κ2) is 11.3. The predicted octanol–water partition coefficient (Wildman–Crippen LogP) is 14.1. The van der Waals surface area contributed by atoms with Gasteiger partial charge in [-0.2, -0.15) is 0 Å². The number of hydrogen-bond donors (Lipinski definition) is 0. The SMILES string of the molecule is c1cc(-c2nc(-c3ccc4ccccc4c3)nc(-c3cccc4oc5ccccc5c34)n2)cc(-n2c3cccc4c3c3c5c(ccc32)oc2ccc3cccc-4c3c25)c1. The number of benzene rings is 9. The Morgan fingerprint density at radius 1 is 0.339 bits per heavy atom. The molecule has 4 heterocycles. The Morgan fingerprint density at radius 3 is 1.86 bits per heavy atom. The maximum atomic E-state index is 6.56. The number of hydrogen-bond acceptors (Lipinski definition) is 5. The van der Waals surface area contributed by atoms with Crippen LogP contribution < -0.4 is 0 Å². The van der Waals surface area contributed by atoms with E-state index < -0.39 is 0 Å². The lowest BCUT2D eigenvalue weighted by atomic mass is 9.95.